The van der Waals surface area contributed by atoms with Crippen molar-refractivity contribution < 1.29 is 13.4 Å². The Hall–Kier alpha value is -3.20. The summed E-state index contributed by atoms with van der Waals surface area (Å²) in [5, 5.41) is 3.22. The molecule has 0 spiro atoms. The third-order valence-corrected chi connectivity index (χ3v) is 6.35. The molecule has 3 aromatic carbocycles. The average molecular weight is 399 g/mol. The van der Waals surface area contributed by atoms with Crippen LogP contribution in [-0.4, -0.2) is 0 Å². The number of aryl methyl sites for hydroxylation is 2. The molecular formula is C27H25FNO+. The molecule has 0 aliphatic carbocycles. The number of benzene rings is 3. The number of fused-ring (bicyclic) bond motifs is 4. The summed E-state index contributed by atoms with van der Waals surface area (Å²) in [6, 6.07) is 17.7. The summed E-state index contributed by atoms with van der Waals surface area (Å²) in [5.74, 6) is 0.0640. The second-order valence-electron chi connectivity index (χ2n) is 8.53. The highest BCUT2D eigenvalue weighted by Gasteiger charge is 2.26. The summed E-state index contributed by atoms with van der Waals surface area (Å²) in [5.41, 5.74) is 8.59. The van der Waals surface area contributed by atoms with E-state index in [1.54, 1.807) is 6.07 Å². The standard InChI is InChI=1S/C27H25FNO/c1-15(2)20-14-24(29(5)23-11-10-18(28)13-21(20)23)26-17(4)16(3)12-22-19-8-6-7-9-25(19)30-27(22)26/h6-15H,1-5H3/q+1. The fourth-order valence-corrected chi connectivity index (χ4v) is 4.60. The quantitative estimate of drug-likeness (QED) is 0.290. The zero-order chi connectivity index (χ0) is 21.2. The van der Waals surface area contributed by atoms with E-state index in [9.17, 15) is 4.39 Å². The molecule has 0 fully saturated rings. The first kappa shape index (κ1) is 18.8. The van der Waals surface area contributed by atoms with Gasteiger partial charge in [0.25, 0.3) is 0 Å². The van der Waals surface area contributed by atoms with Crippen molar-refractivity contribution in [3.8, 4) is 11.3 Å². The lowest BCUT2D eigenvalue weighted by molar-refractivity contribution is -0.633. The van der Waals surface area contributed by atoms with Crippen LogP contribution in [-0.2, 0) is 7.05 Å². The average Bonchev–Trinajstić information content (AvgIpc) is 3.07. The maximum absolute atomic E-state index is 14.1. The van der Waals surface area contributed by atoms with Crippen LogP contribution in [0.2, 0.25) is 0 Å². The predicted octanol–water partition coefficient (Wildman–Crippen LogP) is 7.11. The minimum atomic E-state index is -0.205. The molecule has 0 aliphatic rings. The second kappa shape index (κ2) is 6.66. The normalized spacial score (nSPS) is 12.0. The Morgan fingerprint density at radius 3 is 2.43 bits per heavy atom. The lowest BCUT2D eigenvalue weighted by atomic mass is 9.92. The maximum atomic E-state index is 14.1. The van der Waals surface area contributed by atoms with E-state index >= 15 is 0 Å². The van der Waals surface area contributed by atoms with E-state index < -0.39 is 0 Å². The SMILES string of the molecule is Cc1cc2c(oc3ccccc32)c(-c2cc(C(C)C)c3cc(F)ccc3[n+]2C)c1C. The molecular weight excluding hydrogens is 373 g/mol. The van der Waals surface area contributed by atoms with E-state index in [1.807, 2.05) is 24.3 Å². The summed E-state index contributed by atoms with van der Waals surface area (Å²) in [7, 11) is 2.05. The van der Waals surface area contributed by atoms with E-state index in [-0.39, 0.29) is 11.7 Å². The second-order valence-corrected chi connectivity index (χ2v) is 8.53. The summed E-state index contributed by atoms with van der Waals surface area (Å²) < 4.78 is 22.6. The number of para-hydroxylation sites is 1. The molecule has 0 radical (unpaired) electrons. The first-order valence-corrected chi connectivity index (χ1v) is 10.4. The van der Waals surface area contributed by atoms with Crippen molar-refractivity contribution in [3.63, 3.8) is 0 Å². The molecule has 2 heterocycles. The summed E-state index contributed by atoms with van der Waals surface area (Å²) >= 11 is 0. The van der Waals surface area contributed by atoms with Crippen LogP contribution in [0.4, 0.5) is 4.39 Å². The van der Waals surface area contributed by atoms with Gasteiger partial charge in [-0.15, -0.1) is 0 Å². The smallest absolute Gasteiger partial charge is 0.217 e. The first-order valence-electron chi connectivity index (χ1n) is 10.4. The number of hydrogen-bond acceptors (Lipinski definition) is 1. The van der Waals surface area contributed by atoms with Crippen LogP contribution < -0.4 is 4.57 Å². The zero-order valence-electron chi connectivity index (χ0n) is 18.0. The summed E-state index contributed by atoms with van der Waals surface area (Å²) in [4.78, 5) is 0. The lowest BCUT2D eigenvalue weighted by Gasteiger charge is -2.14. The van der Waals surface area contributed by atoms with Gasteiger partial charge in [-0.1, -0.05) is 32.0 Å². The lowest BCUT2D eigenvalue weighted by Crippen LogP contribution is -2.33. The van der Waals surface area contributed by atoms with Crippen LogP contribution in [0.25, 0.3) is 44.1 Å². The van der Waals surface area contributed by atoms with Gasteiger partial charge >= 0.3 is 0 Å². The van der Waals surface area contributed by atoms with E-state index in [0.29, 0.717) is 0 Å². The Kier molecular flexibility index (Phi) is 4.18. The fourth-order valence-electron chi connectivity index (χ4n) is 4.60. The van der Waals surface area contributed by atoms with Crippen LogP contribution in [0.3, 0.4) is 0 Å². The van der Waals surface area contributed by atoms with Gasteiger partial charge in [0.1, 0.15) is 24.0 Å². The Balaban J connectivity index is 1.96. The number of pyridine rings is 1. The summed E-state index contributed by atoms with van der Waals surface area (Å²) in [6.45, 7) is 8.62. The van der Waals surface area contributed by atoms with Gasteiger partial charge in [-0.2, -0.15) is 4.57 Å². The highest BCUT2D eigenvalue weighted by molar-refractivity contribution is 6.10. The van der Waals surface area contributed by atoms with Crippen LogP contribution in [0.1, 0.15) is 36.5 Å². The molecule has 30 heavy (non-hydrogen) atoms. The number of aromatic nitrogens is 1. The van der Waals surface area contributed by atoms with Gasteiger partial charge in [-0.25, -0.2) is 4.39 Å². The van der Waals surface area contributed by atoms with Crippen molar-refractivity contribution in [2.45, 2.75) is 33.6 Å². The fraction of sp³-hybridized carbons (Fsp3) is 0.222. The molecule has 5 rings (SSSR count). The number of rotatable bonds is 2. The van der Waals surface area contributed by atoms with Crippen molar-refractivity contribution in [3.05, 3.63) is 77.1 Å². The number of nitrogens with zero attached hydrogens (tertiary/aromatic N) is 1. The molecule has 0 saturated heterocycles. The third kappa shape index (κ3) is 2.65. The molecule has 0 unspecified atom stereocenters. The highest BCUT2D eigenvalue weighted by atomic mass is 19.1. The van der Waals surface area contributed by atoms with Crippen LogP contribution in [0.15, 0.2) is 59.0 Å². The predicted molar refractivity (Wildman–Crippen MR) is 121 cm³/mol. The monoisotopic (exact) mass is 398 g/mol. The molecule has 0 bridgehead atoms. The zero-order valence-corrected chi connectivity index (χ0v) is 18.0. The molecule has 150 valence electrons. The largest absolute Gasteiger partial charge is 0.455 e. The minimum Gasteiger partial charge on any atom is -0.455 e. The molecule has 2 nitrogen and oxygen atoms in total. The van der Waals surface area contributed by atoms with Gasteiger partial charge in [-0.3, -0.25) is 0 Å². The molecule has 0 N–H and O–H groups in total. The van der Waals surface area contributed by atoms with E-state index in [1.165, 1.54) is 17.2 Å². The molecule has 3 heteroatoms. The van der Waals surface area contributed by atoms with E-state index in [0.717, 1.165) is 49.7 Å². The number of furan rings is 1. The van der Waals surface area contributed by atoms with Gasteiger partial charge in [0.2, 0.25) is 11.2 Å². The summed E-state index contributed by atoms with van der Waals surface area (Å²) in [6.07, 6.45) is 0. The first-order chi connectivity index (χ1) is 14.4. The Morgan fingerprint density at radius 2 is 1.67 bits per heavy atom. The highest BCUT2D eigenvalue weighted by Crippen LogP contribution is 2.39. The van der Waals surface area contributed by atoms with Gasteiger partial charge < -0.3 is 4.42 Å². The van der Waals surface area contributed by atoms with Gasteiger partial charge in [0.15, 0.2) is 0 Å². The van der Waals surface area contributed by atoms with Crippen molar-refractivity contribution in [1.82, 2.24) is 0 Å². The van der Waals surface area contributed by atoms with Crippen LogP contribution >= 0.6 is 0 Å². The van der Waals surface area contributed by atoms with Crippen molar-refractivity contribution >= 4 is 32.8 Å². The van der Waals surface area contributed by atoms with Gasteiger partial charge in [0.05, 0.1) is 10.9 Å². The van der Waals surface area contributed by atoms with Crippen LogP contribution in [0.5, 0.6) is 0 Å². The maximum Gasteiger partial charge on any atom is 0.217 e. The third-order valence-electron chi connectivity index (χ3n) is 6.35. The molecule has 0 amide bonds. The van der Waals surface area contributed by atoms with Crippen molar-refractivity contribution in [1.29, 1.82) is 0 Å². The molecule has 0 atom stereocenters. The Labute approximate surface area is 175 Å². The van der Waals surface area contributed by atoms with E-state index in [4.69, 9.17) is 4.42 Å². The Morgan fingerprint density at radius 1 is 0.900 bits per heavy atom. The molecule has 2 aromatic heterocycles. The minimum absolute atomic E-state index is 0.205. The molecule has 0 saturated carbocycles. The van der Waals surface area contributed by atoms with Crippen molar-refractivity contribution in [2.75, 3.05) is 0 Å². The van der Waals surface area contributed by atoms with Crippen molar-refractivity contribution in [2.24, 2.45) is 7.05 Å². The Bertz CT molecular complexity index is 1460. The van der Waals surface area contributed by atoms with Gasteiger partial charge in [0, 0.05) is 22.9 Å². The van der Waals surface area contributed by atoms with Crippen LogP contribution in [0, 0.1) is 19.7 Å². The van der Waals surface area contributed by atoms with Gasteiger partial charge in [-0.05, 0) is 60.7 Å². The number of hydrogen-bond donors (Lipinski definition) is 0. The topological polar surface area (TPSA) is 17.0 Å². The molecule has 0 aliphatic heterocycles. The number of halogens is 1. The molecule has 5 aromatic rings. The van der Waals surface area contributed by atoms with E-state index in [2.05, 4.69) is 57.5 Å².